The van der Waals surface area contributed by atoms with Crippen LogP contribution >= 0.6 is 34.3 Å². The number of aromatic nitrogens is 3. The molecular weight excluding hydrogens is 368 g/mol. The summed E-state index contributed by atoms with van der Waals surface area (Å²) in [5.41, 5.74) is 2.17. The Kier molecular flexibility index (Phi) is 5.39. The van der Waals surface area contributed by atoms with Crippen LogP contribution in [0.15, 0.2) is 28.3 Å². The number of hydrogen-bond acceptors (Lipinski definition) is 7. The molecule has 1 N–H and O–H groups in total. The number of nitrogens with one attached hydrogen (secondary N) is 1. The Labute approximate surface area is 151 Å². The van der Waals surface area contributed by atoms with Gasteiger partial charge in [-0.05, 0) is 40.9 Å². The van der Waals surface area contributed by atoms with E-state index in [2.05, 4.69) is 25.6 Å². The number of halogens is 1. The number of nitrogens with zero attached hydrogens (tertiary/aromatic N) is 3. The summed E-state index contributed by atoms with van der Waals surface area (Å²) in [6.45, 7) is 2.30. The summed E-state index contributed by atoms with van der Waals surface area (Å²) in [6, 6.07) is 3.51. The first-order valence-corrected chi connectivity index (χ1v) is 9.22. The molecule has 24 heavy (non-hydrogen) atoms. The highest BCUT2D eigenvalue weighted by Crippen LogP contribution is 2.18. The van der Waals surface area contributed by atoms with Crippen LogP contribution in [0, 0.1) is 6.92 Å². The molecule has 0 spiro atoms. The van der Waals surface area contributed by atoms with Gasteiger partial charge in [-0.3, -0.25) is 10.1 Å². The smallest absolute Gasteiger partial charge is 0.276 e. The lowest BCUT2D eigenvalue weighted by molar-refractivity contribution is 0.102. The number of anilines is 1. The summed E-state index contributed by atoms with van der Waals surface area (Å²) in [7, 11) is 0. The summed E-state index contributed by atoms with van der Waals surface area (Å²) in [5, 5.41) is 9.07. The van der Waals surface area contributed by atoms with Crippen LogP contribution in [0.25, 0.3) is 0 Å². The fraction of sp³-hybridized carbons (Fsp3) is 0.200. The van der Waals surface area contributed by atoms with E-state index < -0.39 is 5.91 Å². The number of carbonyl (C=O) groups excluding carboxylic acids is 1. The van der Waals surface area contributed by atoms with Crippen LogP contribution in [-0.4, -0.2) is 27.5 Å². The zero-order chi connectivity index (χ0) is 16.9. The normalized spacial score (nSPS) is 10.6. The van der Waals surface area contributed by atoms with Gasteiger partial charge in [-0.25, -0.2) is 9.97 Å². The third-order valence-corrected chi connectivity index (χ3v) is 4.74. The van der Waals surface area contributed by atoms with Crippen LogP contribution in [0.2, 0.25) is 5.28 Å². The zero-order valence-corrected chi connectivity index (χ0v) is 15.0. The molecule has 0 atom stereocenters. The lowest BCUT2D eigenvalue weighted by Crippen LogP contribution is -2.15. The van der Waals surface area contributed by atoms with Gasteiger partial charge in [-0.2, -0.15) is 16.3 Å². The lowest BCUT2D eigenvalue weighted by atomic mass is 10.3. The molecule has 6 nitrogen and oxygen atoms in total. The summed E-state index contributed by atoms with van der Waals surface area (Å²) in [6.07, 6.45) is 0.755. The minimum absolute atomic E-state index is 0.0384. The van der Waals surface area contributed by atoms with Gasteiger partial charge in [0.2, 0.25) is 11.2 Å². The number of hydrogen-bond donors (Lipinski definition) is 1. The highest BCUT2D eigenvalue weighted by molar-refractivity contribution is 7.14. The van der Waals surface area contributed by atoms with E-state index in [9.17, 15) is 4.79 Å². The van der Waals surface area contributed by atoms with Gasteiger partial charge in [-0.1, -0.05) is 0 Å². The molecule has 0 aliphatic carbocycles. The van der Waals surface area contributed by atoms with Crippen molar-refractivity contribution in [2.24, 2.45) is 0 Å². The molecule has 1 amide bonds. The van der Waals surface area contributed by atoms with Crippen LogP contribution in [-0.2, 0) is 6.42 Å². The van der Waals surface area contributed by atoms with Gasteiger partial charge < -0.3 is 4.74 Å². The van der Waals surface area contributed by atoms with E-state index in [4.69, 9.17) is 16.3 Å². The van der Waals surface area contributed by atoms with Crippen molar-refractivity contribution in [2.75, 3.05) is 11.9 Å². The van der Waals surface area contributed by atoms with E-state index in [0.717, 1.165) is 12.1 Å². The molecule has 0 radical (unpaired) electrons. The van der Waals surface area contributed by atoms with Crippen LogP contribution in [0.4, 0.5) is 5.13 Å². The number of rotatable bonds is 6. The number of thiazole rings is 1. The molecule has 9 heteroatoms. The molecule has 0 bridgehead atoms. The second-order valence-electron chi connectivity index (χ2n) is 4.84. The van der Waals surface area contributed by atoms with E-state index in [1.807, 2.05) is 23.8 Å². The Morgan fingerprint density at radius 1 is 1.33 bits per heavy atom. The first-order chi connectivity index (χ1) is 11.6. The van der Waals surface area contributed by atoms with Crippen molar-refractivity contribution in [3.05, 3.63) is 50.5 Å². The second kappa shape index (κ2) is 7.69. The number of amides is 1. The van der Waals surface area contributed by atoms with Crippen molar-refractivity contribution in [1.82, 2.24) is 15.0 Å². The maximum atomic E-state index is 12.2. The fourth-order valence-corrected chi connectivity index (χ4v) is 3.43. The molecule has 0 fully saturated rings. The highest BCUT2D eigenvalue weighted by atomic mass is 35.5. The fourth-order valence-electron chi connectivity index (χ4n) is 1.87. The predicted molar refractivity (Wildman–Crippen MR) is 95.4 cm³/mol. The van der Waals surface area contributed by atoms with E-state index in [1.54, 1.807) is 11.3 Å². The number of carbonyl (C=O) groups is 1. The summed E-state index contributed by atoms with van der Waals surface area (Å²) < 4.78 is 5.58. The first-order valence-electron chi connectivity index (χ1n) is 7.02. The Morgan fingerprint density at radius 3 is 2.92 bits per heavy atom. The number of aryl methyl sites for hydroxylation is 1. The molecule has 3 aromatic heterocycles. The molecule has 3 aromatic rings. The molecule has 3 heterocycles. The van der Waals surface area contributed by atoms with Crippen molar-refractivity contribution in [3.8, 4) is 5.88 Å². The minimum atomic E-state index is -0.406. The van der Waals surface area contributed by atoms with Gasteiger partial charge in [0, 0.05) is 17.9 Å². The largest absolute Gasteiger partial charge is 0.477 e. The van der Waals surface area contributed by atoms with E-state index in [0.29, 0.717) is 11.7 Å². The Balaban J connectivity index is 1.65. The molecule has 0 aliphatic rings. The van der Waals surface area contributed by atoms with Crippen LogP contribution in [0.1, 0.15) is 21.7 Å². The molecule has 0 aliphatic heterocycles. The van der Waals surface area contributed by atoms with Crippen molar-refractivity contribution in [1.29, 1.82) is 0 Å². The summed E-state index contributed by atoms with van der Waals surface area (Å²) in [4.78, 5) is 24.3. The summed E-state index contributed by atoms with van der Waals surface area (Å²) in [5.74, 6) is -0.137. The van der Waals surface area contributed by atoms with Crippen LogP contribution in [0.3, 0.4) is 0 Å². The van der Waals surface area contributed by atoms with Gasteiger partial charge in [0.15, 0.2) is 5.13 Å². The maximum absolute atomic E-state index is 12.2. The van der Waals surface area contributed by atoms with Crippen molar-refractivity contribution in [3.63, 3.8) is 0 Å². The zero-order valence-electron chi connectivity index (χ0n) is 12.7. The molecule has 124 valence electrons. The first kappa shape index (κ1) is 16.8. The van der Waals surface area contributed by atoms with E-state index in [1.165, 1.54) is 23.0 Å². The Bertz CT molecular complexity index is 836. The summed E-state index contributed by atoms with van der Waals surface area (Å²) >= 11 is 8.87. The third-order valence-electron chi connectivity index (χ3n) is 2.97. The predicted octanol–water partition coefficient (Wildman–Crippen LogP) is 3.83. The van der Waals surface area contributed by atoms with Crippen molar-refractivity contribution in [2.45, 2.75) is 13.3 Å². The minimum Gasteiger partial charge on any atom is -0.477 e. The molecule has 3 rings (SSSR count). The highest BCUT2D eigenvalue weighted by Gasteiger charge is 2.13. The number of thiophene rings is 1. The van der Waals surface area contributed by atoms with Crippen LogP contribution < -0.4 is 10.1 Å². The quantitative estimate of drug-likeness (QED) is 0.657. The monoisotopic (exact) mass is 380 g/mol. The van der Waals surface area contributed by atoms with Gasteiger partial charge >= 0.3 is 0 Å². The molecule has 0 saturated carbocycles. The Hall–Kier alpha value is -2.03. The molecule has 0 aromatic carbocycles. The standard InChI is InChI=1S/C15H13ClN4O2S2/c1-9-7-24-15(17-9)20-13(21)11-6-12(19-14(16)18-11)22-4-2-10-3-5-23-8-10/h3,5-8H,2,4H2,1H3,(H,17,20,21). The van der Waals surface area contributed by atoms with E-state index >= 15 is 0 Å². The van der Waals surface area contributed by atoms with Gasteiger partial charge in [0.1, 0.15) is 5.69 Å². The maximum Gasteiger partial charge on any atom is 0.276 e. The molecular formula is C15H13ClN4O2S2. The second-order valence-corrected chi connectivity index (χ2v) is 6.81. The van der Waals surface area contributed by atoms with Crippen molar-refractivity contribution < 1.29 is 9.53 Å². The Morgan fingerprint density at radius 2 is 2.21 bits per heavy atom. The number of ether oxygens (including phenoxy) is 1. The SMILES string of the molecule is Cc1csc(NC(=O)c2cc(OCCc3ccsc3)nc(Cl)n2)n1. The third kappa shape index (κ3) is 4.50. The average molecular weight is 381 g/mol. The van der Waals surface area contributed by atoms with Gasteiger partial charge in [0.25, 0.3) is 5.91 Å². The molecule has 0 unspecified atom stereocenters. The molecule has 0 saturated heterocycles. The van der Waals surface area contributed by atoms with Gasteiger partial charge in [0.05, 0.1) is 12.3 Å². The average Bonchev–Trinajstić information content (AvgIpc) is 3.19. The van der Waals surface area contributed by atoms with Gasteiger partial charge in [-0.15, -0.1) is 11.3 Å². The lowest BCUT2D eigenvalue weighted by Gasteiger charge is -2.07. The van der Waals surface area contributed by atoms with Crippen LogP contribution in [0.5, 0.6) is 5.88 Å². The topological polar surface area (TPSA) is 77.0 Å². The van der Waals surface area contributed by atoms with E-state index in [-0.39, 0.29) is 16.9 Å². The van der Waals surface area contributed by atoms with Crippen molar-refractivity contribution >= 4 is 45.3 Å².